The van der Waals surface area contributed by atoms with Crippen LogP contribution < -0.4 is 15.5 Å². The molecule has 0 aliphatic rings. The predicted molar refractivity (Wildman–Crippen MR) is 116 cm³/mol. The van der Waals surface area contributed by atoms with Crippen molar-refractivity contribution in [3.8, 4) is 0 Å². The Morgan fingerprint density at radius 3 is 2.30 bits per heavy atom. The van der Waals surface area contributed by atoms with Gasteiger partial charge in [-0.25, -0.2) is 9.97 Å². The van der Waals surface area contributed by atoms with E-state index in [1.165, 1.54) is 11.3 Å². The summed E-state index contributed by atoms with van der Waals surface area (Å²) in [5.41, 5.74) is 3.53. The van der Waals surface area contributed by atoms with Gasteiger partial charge in [-0.05, 0) is 78.5 Å². The summed E-state index contributed by atoms with van der Waals surface area (Å²) >= 11 is 0. The van der Waals surface area contributed by atoms with Crippen molar-refractivity contribution in [2.24, 2.45) is 0 Å². The van der Waals surface area contributed by atoms with Crippen LogP contribution in [0.15, 0.2) is 24.3 Å². The maximum atomic E-state index is 4.54. The quantitative estimate of drug-likeness (QED) is 0.616. The van der Waals surface area contributed by atoms with E-state index in [-0.39, 0.29) is 0 Å². The van der Waals surface area contributed by atoms with Crippen LogP contribution in [0.25, 0.3) is 0 Å². The number of aromatic nitrogens is 2. The first-order chi connectivity index (χ1) is 12.9. The average Bonchev–Trinajstić information content (AvgIpc) is 2.61. The molecule has 0 spiro atoms. The second kappa shape index (κ2) is 10.1. The Kier molecular flexibility index (Phi) is 7.85. The summed E-state index contributed by atoms with van der Waals surface area (Å²) in [4.78, 5) is 13.6. The zero-order chi connectivity index (χ0) is 19.8. The molecule has 6 nitrogen and oxygen atoms in total. The highest BCUT2D eigenvalue weighted by molar-refractivity contribution is 5.66. The van der Waals surface area contributed by atoms with E-state index in [1.54, 1.807) is 0 Å². The van der Waals surface area contributed by atoms with Crippen LogP contribution in [0.1, 0.15) is 31.7 Å². The van der Waals surface area contributed by atoms with Crippen molar-refractivity contribution < 1.29 is 0 Å². The minimum absolute atomic E-state index is 0.757. The molecule has 0 fully saturated rings. The Hall–Kier alpha value is -2.34. The Morgan fingerprint density at radius 2 is 1.67 bits per heavy atom. The van der Waals surface area contributed by atoms with Gasteiger partial charge in [-0.1, -0.05) is 0 Å². The number of anilines is 4. The smallest absolute Gasteiger partial charge is 0.136 e. The van der Waals surface area contributed by atoms with Crippen molar-refractivity contribution in [1.82, 2.24) is 14.9 Å². The SMILES string of the molecule is CCN(CC)c1ccc(Nc2cc(NCCCN(C)C)nc(C)n2)c(C)c1. The van der Waals surface area contributed by atoms with E-state index in [0.29, 0.717) is 0 Å². The number of benzene rings is 1. The van der Waals surface area contributed by atoms with Gasteiger partial charge >= 0.3 is 0 Å². The second-order valence-corrected chi connectivity index (χ2v) is 7.07. The first kappa shape index (κ1) is 21.0. The lowest BCUT2D eigenvalue weighted by Gasteiger charge is -2.22. The predicted octanol–water partition coefficient (Wildman–Crippen LogP) is 4.05. The number of rotatable bonds is 10. The molecule has 2 rings (SSSR count). The normalized spacial score (nSPS) is 10.9. The number of hydrogen-bond acceptors (Lipinski definition) is 6. The highest BCUT2D eigenvalue weighted by Gasteiger charge is 2.07. The number of nitrogens with one attached hydrogen (secondary N) is 2. The van der Waals surface area contributed by atoms with E-state index in [1.807, 2.05) is 13.0 Å². The zero-order valence-electron chi connectivity index (χ0n) is 17.6. The summed E-state index contributed by atoms with van der Waals surface area (Å²) in [6, 6.07) is 8.49. The monoisotopic (exact) mass is 370 g/mol. The van der Waals surface area contributed by atoms with Gasteiger partial charge in [-0.3, -0.25) is 0 Å². The molecule has 0 saturated carbocycles. The Bertz CT molecular complexity index is 725. The van der Waals surface area contributed by atoms with E-state index in [9.17, 15) is 0 Å². The molecule has 1 aromatic heterocycles. The summed E-state index contributed by atoms with van der Waals surface area (Å²) in [5.74, 6) is 2.44. The molecular weight excluding hydrogens is 336 g/mol. The lowest BCUT2D eigenvalue weighted by Crippen LogP contribution is -2.21. The van der Waals surface area contributed by atoms with E-state index < -0.39 is 0 Å². The third kappa shape index (κ3) is 6.40. The van der Waals surface area contributed by atoms with Crippen molar-refractivity contribution >= 4 is 23.0 Å². The van der Waals surface area contributed by atoms with E-state index >= 15 is 0 Å². The fourth-order valence-corrected chi connectivity index (χ4v) is 3.05. The van der Waals surface area contributed by atoms with Crippen LogP contribution in [0.4, 0.5) is 23.0 Å². The lowest BCUT2D eigenvalue weighted by molar-refractivity contribution is 0.405. The van der Waals surface area contributed by atoms with Crippen LogP contribution in [-0.2, 0) is 0 Å². The van der Waals surface area contributed by atoms with Crippen LogP contribution in [0, 0.1) is 13.8 Å². The van der Waals surface area contributed by atoms with Gasteiger partial charge in [-0.15, -0.1) is 0 Å². The standard InChI is InChI=1S/C21H34N6/c1-7-27(8-2)18-10-11-19(16(3)14-18)25-21-15-20(23-17(4)24-21)22-12-9-13-26(5)6/h10-11,14-15H,7-9,12-13H2,1-6H3,(H2,22,23,24,25). The number of aryl methyl sites for hydroxylation is 2. The van der Waals surface area contributed by atoms with Crippen molar-refractivity contribution in [2.75, 3.05) is 55.8 Å². The summed E-state index contributed by atoms with van der Waals surface area (Å²) in [6.07, 6.45) is 1.07. The maximum absolute atomic E-state index is 4.54. The molecule has 0 unspecified atom stereocenters. The summed E-state index contributed by atoms with van der Waals surface area (Å²) in [5, 5.41) is 6.84. The zero-order valence-corrected chi connectivity index (χ0v) is 17.6. The number of nitrogens with zero attached hydrogens (tertiary/aromatic N) is 4. The molecule has 0 atom stereocenters. The fourth-order valence-electron chi connectivity index (χ4n) is 3.05. The average molecular weight is 371 g/mol. The maximum Gasteiger partial charge on any atom is 0.136 e. The van der Waals surface area contributed by atoms with E-state index in [0.717, 1.165) is 55.7 Å². The van der Waals surface area contributed by atoms with Crippen LogP contribution in [0.2, 0.25) is 0 Å². The molecule has 0 aliphatic heterocycles. The largest absolute Gasteiger partial charge is 0.372 e. The van der Waals surface area contributed by atoms with Crippen LogP contribution in [-0.4, -0.2) is 55.1 Å². The van der Waals surface area contributed by atoms with Gasteiger partial charge < -0.3 is 20.4 Å². The molecule has 2 aromatic rings. The van der Waals surface area contributed by atoms with Crippen molar-refractivity contribution in [3.63, 3.8) is 0 Å². The second-order valence-electron chi connectivity index (χ2n) is 7.07. The molecule has 1 heterocycles. The first-order valence-electron chi connectivity index (χ1n) is 9.79. The molecule has 0 amide bonds. The molecule has 0 aliphatic carbocycles. The van der Waals surface area contributed by atoms with Gasteiger partial charge in [0, 0.05) is 37.1 Å². The third-order valence-electron chi connectivity index (χ3n) is 4.53. The van der Waals surface area contributed by atoms with Gasteiger partial charge in [0.25, 0.3) is 0 Å². The first-order valence-corrected chi connectivity index (χ1v) is 9.79. The van der Waals surface area contributed by atoms with Gasteiger partial charge in [0.1, 0.15) is 17.5 Å². The molecular formula is C21H34N6. The number of hydrogen-bond donors (Lipinski definition) is 2. The summed E-state index contributed by atoms with van der Waals surface area (Å²) in [7, 11) is 4.18. The van der Waals surface area contributed by atoms with Crippen LogP contribution >= 0.6 is 0 Å². The Balaban J connectivity index is 2.08. The van der Waals surface area contributed by atoms with Crippen LogP contribution in [0.3, 0.4) is 0 Å². The van der Waals surface area contributed by atoms with Gasteiger partial charge in [0.2, 0.25) is 0 Å². The minimum atomic E-state index is 0.757. The van der Waals surface area contributed by atoms with Gasteiger partial charge in [0.15, 0.2) is 0 Å². The molecule has 0 saturated heterocycles. The Morgan fingerprint density at radius 1 is 0.963 bits per heavy atom. The highest BCUT2D eigenvalue weighted by Crippen LogP contribution is 2.25. The topological polar surface area (TPSA) is 56.3 Å². The third-order valence-corrected chi connectivity index (χ3v) is 4.53. The summed E-state index contributed by atoms with van der Waals surface area (Å²) < 4.78 is 0. The molecule has 0 radical (unpaired) electrons. The van der Waals surface area contributed by atoms with E-state index in [2.05, 4.69) is 83.5 Å². The molecule has 6 heteroatoms. The van der Waals surface area contributed by atoms with Gasteiger partial charge in [0.05, 0.1) is 0 Å². The molecule has 0 bridgehead atoms. The molecule has 1 aromatic carbocycles. The van der Waals surface area contributed by atoms with Gasteiger partial charge in [-0.2, -0.15) is 0 Å². The molecule has 148 valence electrons. The lowest BCUT2D eigenvalue weighted by atomic mass is 10.1. The minimum Gasteiger partial charge on any atom is -0.372 e. The van der Waals surface area contributed by atoms with Crippen molar-refractivity contribution in [2.45, 2.75) is 34.1 Å². The van der Waals surface area contributed by atoms with Crippen molar-refractivity contribution in [1.29, 1.82) is 0 Å². The molecule has 2 N–H and O–H groups in total. The summed E-state index contributed by atoms with van der Waals surface area (Å²) in [6.45, 7) is 12.4. The van der Waals surface area contributed by atoms with E-state index in [4.69, 9.17) is 0 Å². The Labute approximate surface area is 164 Å². The fraction of sp³-hybridized carbons (Fsp3) is 0.524. The highest BCUT2D eigenvalue weighted by atomic mass is 15.1. The van der Waals surface area contributed by atoms with Crippen molar-refractivity contribution in [3.05, 3.63) is 35.7 Å². The van der Waals surface area contributed by atoms with Crippen LogP contribution in [0.5, 0.6) is 0 Å². The molecule has 27 heavy (non-hydrogen) atoms.